The molecule has 0 saturated carbocycles. The van der Waals surface area contributed by atoms with Crippen molar-refractivity contribution in [1.29, 1.82) is 0 Å². The molecule has 0 amide bonds. The molecule has 19 heavy (non-hydrogen) atoms. The van der Waals surface area contributed by atoms with Gasteiger partial charge >= 0.3 is 0 Å². The van der Waals surface area contributed by atoms with Gasteiger partial charge in [-0.2, -0.15) is 0 Å². The molecule has 0 aromatic carbocycles. The molecule has 2 aliphatic heterocycles. The molecule has 2 atom stereocenters. The Morgan fingerprint density at radius 3 is 2.95 bits per heavy atom. The number of fused-ring (bicyclic) bond motifs is 3. The van der Waals surface area contributed by atoms with Gasteiger partial charge in [0.2, 0.25) is 0 Å². The second-order valence-corrected chi connectivity index (χ2v) is 6.24. The van der Waals surface area contributed by atoms with Gasteiger partial charge in [0.15, 0.2) is 11.6 Å². The van der Waals surface area contributed by atoms with Crippen molar-refractivity contribution in [2.45, 2.75) is 18.5 Å². The van der Waals surface area contributed by atoms with Crippen LogP contribution in [0.3, 0.4) is 0 Å². The third kappa shape index (κ3) is 1.82. The third-order valence-electron chi connectivity index (χ3n) is 3.97. The Kier molecular flexibility index (Phi) is 2.68. The van der Waals surface area contributed by atoms with Gasteiger partial charge in [-0.25, -0.2) is 4.98 Å². The number of aromatic nitrogens is 2. The van der Waals surface area contributed by atoms with E-state index in [-0.39, 0.29) is 0 Å². The van der Waals surface area contributed by atoms with Gasteiger partial charge in [0, 0.05) is 25.1 Å². The molecule has 2 aromatic heterocycles. The van der Waals surface area contributed by atoms with E-state index in [0.717, 1.165) is 34.7 Å². The molecule has 0 bridgehead atoms. The second-order valence-electron chi connectivity index (χ2n) is 5.08. The fourth-order valence-corrected chi connectivity index (χ4v) is 3.61. The molecule has 0 unspecified atom stereocenters. The zero-order valence-electron chi connectivity index (χ0n) is 10.4. The molecule has 0 spiro atoms. The molecular formula is C14H14IN3O. The standard InChI is InChI=1S/C14H14IN3O/c15-12-3-4-16-14-13(12)19-9-11-7-10(8-18(11)14)17-5-1-2-6-17/h1-6,10-11H,7-9H2/t10-,11-/m0/s1. The molecule has 4 nitrogen and oxygen atoms in total. The van der Waals surface area contributed by atoms with Crippen molar-refractivity contribution in [3.8, 4) is 5.75 Å². The molecule has 4 rings (SSSR count). The highest BCUT2D eigenvalue weighted by atomic mass is 127. The van der Waals surface area contributed by atoms with Crippen LogP contribution < -0.4 is 9.64 Å². The molecule has 2 aliphatic rings. The normalized spacial score (nSPS) is 24.8. The van der Waals surface area contributed by atoms with Gasteiger partial charge in [-0.15, -0.1) is 0 Å². The van der Waals surface area contributed by atoms with E-state index in [1.165, 1.54) is 0 Å². The van der Waals surface area contributed by atoms with Gasteiger partial charge in [0.05, 0.1) is 15.7 Å². The first-order valence-corrected chi connectivity index (χ1v) is 7.57. The lowest BCUT2D eigenvalue weighted by Crippen LogP contribution is -2.39. The fourth-order valence-electron chi connectivity index (χ4n) is 3.05. The van der Waals surface area contributed by atoms with Crippen LogP contribution in [0, 0.1) is 3.57 Å². The van der Waals surface area contributed by atoms with E-state index < -0.39 is 0 Å². The maximum atomic E-state index is 5.91. The largest absolute Gasteiger partial charge is 0.486 e. The predicted molar refractivity (Wildman–Crippen MR) is 81.7 cm³/mol. The minimum Gasteiger partial charge on any atom is -0.486 e. The molecule has 0 N–H and O–H groups in total. The quantitative estimate of drug-likeness (QED) is 0.727. The van der Waals surface area contributed by atoms with Crippen molar-refractivity contribution in [3.63, 3.8) is 0 Å². The van der Waals surface area contributed by atoms with Crippen molar-refractivity contribution < 1.29 is 4.74 Å². The predicted octanol–water partition coefficient (Wildman–Crippen LogP) is 2.70. The smallest absolute Gasteiger partial charge is 0.175 e. The average Bonchev–Trinajstić information content (AvgIpc) is 3.08. The number of anilines is 1. The number of pyridine rings is 1. The van der Waals surface area contributed by atoms with Crippen molar-refractivity contribution >= 4 is 28.4 Å². The number of rotatable bonds is 1. The summed E-state index contributed by atoms with van der Waals surface area (Å²) in [7, 11) is 0. The average molecular weight is 367 g/mol. The maximum absolute atomic E-state index is 5.91. The zero-order valence-corrected chi connectivity index (χ0v) is 12.5. The number of ether oxygens (including phenoxy) is 1. The SMILES string of the molecule is Ic1ccnc2c1OC[C@@H]1C[C@H](n3cccc3)CN21. The Balaban J connectivity index is 1.69. The van der Waals surface area contributed by atoms with Crippen LogP contribution in [-0.2, 0) is 0 Å². The molecule has 98 valence electrons. The Hall–Kier alpha value is -1.24. The van der Waals surface area contributed by atoms with Crippen LogP contribution in [0.5, 0.6) is 5.75 Å². The zero-order chi connectivity index (χ0) is 12.8. The first-order chi connectivity index (χ1) is 9.33. The van der Waals surface area contributed by atoms with Gasteiger partial charge in [0.1, 0.15) is 6.61 Å². The summed E-state index contributed by atoms with van der Waals surface area (Å²) in [5.41, 5.74) is 0. The summed E-state index contributed by atoms with van der Waals surface area (Å²) in [6.07, 6.45) is 7.29. The lowest BCUT2D eigenvalue weighted by molar-refractivity contribution is 0.265. The summed E-state index contributed by atoms with van der Waals surface area (Å²) in [6, 6.07) is 7.14. The highest BCUT2D eigenvalue weighted by Crippen LogP contribution is 2.41. The first kappa shape index (κ1) is 11.6. The second kappa shape index (κ2) is 4.40. The van der Waals surface area contributed by atoms with E-state index >= 15 is 0 Å². The lowest BCUT2D eigenvalue weighted by atomic mass is 10.1. The van der Waals surface area contributed by atoms with Crippen LogP contribution in [-0.4, -0.2) is 28.7 Å². The van der Waals surface area contributed by atoms with E-state index in [4.69, 9.17) is 4.74 Å². The topological polar surface area (TPSA) is 30.3 Å². The minimum atomic E-state index is 0.450. The third-order valence-corrected chi connectivity index (χ3v) is 4.82. The van der Waals surface area contributed by atoms with E-state index in [2.05, 4.69) is 61.6 Å². The van der Waals surface area contributed by atoms with Crippen molar-refractivity contribution in [3.05, 3.63) is 40.4 Å². The maximum Gasteiger partial charge on any atom is 0.175 e. The Labute approximate surface area is 125 Å². The monoisotopic (exact) mass is 367 g/mol. The highest BCUT2D eigenvalue weighted by molar-refractivity contribution is 14.1. The molecule has 5 heteroatoms. The summed E-state index contributed by atoms with van der Waals surface area (Å²) < 4.78 is 9.35. The molecular weight excluding hydrogens is 353 g/mol. The number of halogens is 1. The fraction of sp³-hybridized carbons (Fsp3) is 0.357. The summed E-state index contributed by atoms with van der Waals surface area (Å²) in [6.45, 7) is 1.79. The van der Waals surface area contributed by atoms with Gasteiger partial charge in [-0.3, -0.25) is 0 Å². The molecule has 2 aromatic rings. The van der Waals surface area contributed by atoms with E-state index in [0.29, 0.717) is 12.1 Å². The minimum absolute atomic E-state index is 0.450. The van der Waals surface area contributed by atoms with E-state index in [9.17, 15) is 0 Å². The van der Waals surface area contributed by atoms with Crippen LogP contribution in [0.1, 0.15) is 12.5 Å². The Morgan fingerprint density at radius 2 is 2.11 bits per heavy atom. The van der Waals surface area contributed by atoms with Crippen molar-refractivity contribution in [2.75, 3.05) is 18.1 Å². The van der Waals surface area contributed by atoms with Crippen LogP contribution >= 0.6 is 22.6 Å². The summed E-state index contributed by atoms with van der Waals surface area (Å²) in [5, 5.41) is 0. The summed E-state index contributed by atoms with van der Waals surface area (Å²) >= 11 is 2.32. The molecule has 0 radical (unpaired) electrons. The van der Waals surface area contributed by atoms with Crippen molar-refractivity contribution in [1.82, 2.24) is 9.55 Å². The highest BCUT2D eigenvalue weighted by Gasteiger charge is 2.38. The van der Waals surface area contributed by atoms with E-state index in [1.807, 2.05) is 12.3 Å². The van der Waals surface area contributed by atoms with Gasteiger partial charge in [-0.1, -0.05) is 0 Å². The number of hydrogen-bond donors (Lipinski definition) is 0. The van der Waals surface area contributed by atoms with Gasteiger partial charge in [-0.05, 0) is 47.2 Å². The van der Waals surface area contributed by atoms with Gasteiger partial charge in [0.25, 0.3) is 0 Å². The van der Waals surface area contributed by atoms with Crippen LogP contribution in [0.4, 0.5) is 5.82 Å². The first-order valence-electron chi connectivity index (χ1n) is 6.49. The Bertz CT molecular complexity index is 599. The molecule has 1 saturated heterocycles. The summed E-state index contributed by atoms with van der Waals surface area (Å²) in [4.78, 5) is 6.93. The summed E-state index contributed by atoms with van der Waals surface area (Å²) in [5.74, 6) is 1.96. The van der Waals surface area contributed by atoms with Gasteiger partial charge < -0.3 is 14.2 Å². The Morgan fingerprint density at radius 1 is 1.26 bits per heavy atom. The molecule has 4 heterocycles. The molecule has 1 fully saturated rings. The van der Waals surface area contributed by atoms with Crippen LogP contribution in [0.2, 0.25) is 0 Å². The van der Waals surface area contributed by atoms with Crippen LogP contribution in [0.15, 0.2) is 36.8 Å². The van der Waals surface area contributed by atoms with Crippen molar-refractivity contribution in [2.24, 2.45) is 0 Å². The molecule has 0 aliphatic carbocycles. The van der Waals surface area contributed by atoms with E-state index in [1.54, 1.807) is 0 Å². The number of hydrogen-bond acceptors (Lipinski definition) is 3. The number of nitrogens with zero attached hydrogens (tertiary/aromatic N) is 3. The lowest BCUT2D eigenvalue weighted by Gasteiger charge is -2.32. The van der Waals surface area contributed by atoms with Crippen LogP contribution in [0.25, 0.3) is 0 Å².